The number of hydrogen-bond donors (Lipinski definition) is 0. The van der Waals surface area contributed by atoms with Crippen LogP contribution in [0.4, 0.5) is 0 Å². The molecular weight excluding hydrogens is 272 g/mol. The first-order valence-corrected chi connectivity index (χ1v) is 6.86. The smallest absolute Gasteiger partial charge is 0.254 e. The third-order valence-corrected chi connectivity index (χ3v) is 3.83. The largest absolute Gasteiger partial charge is 0.454 e. The van der Waals surface area contributed by atoms with Crippen LogP contribution in [-0.4, -0.2) is 45.7 Å². The van der Waals surface area contributed by atoms with Crippen molar-refractivity contribution in [3.8, 4) is 11.5 Å². The maximum absolute atomic E-state index is 12.5. The molecule has 1 aromatic heterocycles. The Morgan fingerprint density at radius 2 is 2.00 bits per heavy atom. The minimum Gasteiger partial charge on any atom is -0.454 e. The third-order valence-electron chi connectivity index (χ3n) is 3.83. The van der Waals surface area contributed by atoms with Crippen molar-refractivity contribution in [2.24, 2.45) is 0 Å². The number of nitrogens with zero attached hydrogens (tertiary/aromatic N) is 4. The van der Waals surface area contributed by atoms with Gasteiger partial charge in [0.2, 0.25) is 6.79 Å². The number of hydrogen-bond acceptors (Lipinski definition) is 5. The van der Waals surface area contributed by atoms with E-state index >= 15 is 0 Å². The van der Waals surface area contributed by atoms with E-state index in [0.717, 1.165) is 6.42 Å². The van der Waals surface area contributed by atoms with Gasteiger partial charge in [-0.2, -0.15) is 15.0 Å². The van der Waals surface area contributed by atoms with Gasteiger partial charge >= 0.3 is 0 Å². The minimum atomic E-state index is 0.00274. The van der Waals surface area contributed by atoms with Gasteiger partial charge in [0.15, 0.2) is 11.5 Å². The molecule has 0 N–H and O–H groups in total. The number of carbonyl (C=O) groups is 1. The van der Waals surface area contributed by atoms with Crippen molar-refractivity contribution in [2.75, 3.05) is 19.9 Å². The molecule has 1 aromatic carbocycles. The molecule has 21 heavy (non-hydrogen) atoms. The lowest BCUT2D eigenvalue weighted by atomic mass is 10.2. The van der Waals surface area contributed by atoms with Crippen molar-refractivity contribution in [3.05, 3.63) is 36.2 Å². The van der Waals surface area contributed by atoms with Crippen molar-refractivity contribution in [1.82, 2.24) is 19.9 Å². The molecule has 1 fully saturated rings. The fourth-order valence-electron chi connectivity index (χ4n) is 2.74. The van der Waals surface area contributed by atoms with Crippen molar-refractivity contribution < 1.29 is 14.3 Å². The van der Waals surface area contributed by atoms with Crippen LogP contribution < -0.4 is 9.47 Å². The summed E-state index contributed by atoms with van der Waals surface area (Å²) < 4.78 is 10.6. The SMILES string of the molecule is O=C(c1ccc2c(c1)OCO2)N1CC[C@@H](n2nccn2)C1. The molecular formula is C14H14N4O3. The van der Waals surface area contributed by atoms with Crippen molar-refractivity contribution in [2.45, 2.75) is 12.5 Å². The van der Waals surface area contributed by atoms with Gasteiger partial charge < -0.3 is 14.4 Å². The Morgan fingerprint density at radius 3 is 2.86 bits per heavy atom. The van der Waals surface area contributed by atoms with Crippen LogP contribution >= 0.6 is 0 Å². The van der Waals surface area contributed by atoms with Crippen molar-refractivity contribution in [3.63, 3.8) is 0 Å². The maximum Gasteiger partial charge on any atom is 0.254 e. The molecule has 0 bridgehead atoms. The lowest BCUT2D eigenvalue weighted by Crippen LogP contribution is -2.29. The summed E-state index contributed by atoms with van der Waals surface area (Å²) in [6.07, 6.45) is 4.18. The van der Waals surface area contributed by atoms with Crippen LogP contribution in [0.2, 0.25) is 0 Å². The third kappa shape index (κ3) is 2.10. The van der Waals surface area contributed by atoms with E-state index in [-0.39, 0.29) is 18.7 Å². The van der Waals surface area contributed by atoms with Gasteiger partial charge in [-0.05, 0) is 24.6 Å². The molecule has 1 saturated heterocycles. The fraction of sp³-hybridized carbons (Fsp3) is 0.357. The van der Waals surface area contributed by atoms with Gasteiger partial charge in [0, 0.05) is 18.7 Å². The van der Waals surface area contributed by atoms with Gasteiger partial charge in [-0.3, -0.25) is 4.79 Å². The van der Waals surface area contributed by atoms with Gasteiger partial charge in [0.05, 0.1) is 18.4 Å². The minimum absolute atomic E-state index is 0.00274. The molecule has 0 unspecified atom stereocenters. The molecule has 0 aliphatic carbocycles. The number of aromatic nitrogens is 3. The van der Waals surface area contributed by atoms with E-state index in [1.54, 1.807) is 35.4 Å². The molecule has 108 valence electrons. The summed E-state index contributed by atoms with van der Waals surface area (Å²) >= 11 is 0. The molecule has 1 atom stereocenters. The quantitative estimate of drug-likeness (QED) is 0.826. The Balaban J connectivity index is 1.51. The highest BCUT2D eigenvalue weighted by Crippen LogP contribution is 2.33. The lowest BCUT2D eigenvalue weighted by Gasteiger charge is -2.16. The van der Waals surface area contributed by atoms with E-state index in [0.29, 0.717) is 30.2 Å². The van der Waals surface area contributed by atoms with Crippen LogP contribution in [0.3, 0.4) is 0 Å². The van der Waals surface area contributed by atoms with Crippen LogP contribution in [0.5, 0.6) is 11.5 Å². The second kappa shape index (κ2) is 4.76. The van der Waals surface area contributed by atoms with Crippen molar-refractivity contribution >= 4 is 5.91 Å². The topological polar surface area (TPSA) is 69.5 Å². The summed E-state index contributed by atoms with van der Waals surface area (Å²) in [5.41, 5.74) is 0.619. The van der Waals surface area contributed by atoms with E-state index < -0.39 is 0 Å². The Hall–Kier alpha value is -2.57. The van der Waals surface area contributed by atoms with Gasteiger partial charge in [-0.1, -0.05) is 0 Å². The second-order valence-electron chi connectivity index (χ2n) is 5.11. The average Bonchev–Trinajstić information content (AvgIpc) is 3.24. The Morgan fingerprint density at radius 1 is 1.19 bits per heavy atom. The second-order valence-corrected chi connectivity index (χ2v) is 5.11. The van der Waals surface area contributed by atoms with Crippen LogP contribution in [0, 0.1) is 0 Å². The molecule has 3 heterocycles. The molecule has 0 spiro atoms. The van der Waals surface area contributed by atoms with E-state index in [1.807, 2.05) is 4.90 Å². The Bertz CT molecular complexity index is 671. The number of benzene rings is 1. The molecule has 7 nitrogen and oxygen atoms in total. The maximum atomic E-state index is 12.5. The van der Waals surface area contributed by atoms with E-state index in [1.165, 1.54) is 0 Å². The number of likely N-dealkylation sites (tertiary alicyclic amines) is 1. The van der Waals surface area contributed by atoms with Crippen LogP contribution in [0.1, 0.15) is 22.8 Å². The van der Waals surface area contributed by atoms with Crippen LogP contribution in [-0.2, 0) is 0 Å². The van der Waals surface area contributed by atoms with Crippen LogP contribution in [0.25, 0.3) is 0 Å². The molecule has 2 aromatic rings. The van der Waals surface area contributed by atoms with Gasteiger partial charge in [-0.25, -0.2) is 0 Å². The fourth-order valence-corrected chi connectivity index (χ4v) is 2.74. The zero-order chi connectivity index (χ0) is 14.2. The highest BCUT2D eigenvalue weighted by Gasteiger charge is 2.29. The first-order chi connectivity index (χ1) is 10.3. The molecule has 2 aliphatic rings. The summed E-state index contributed by atoms with van der Waals surface area (Å²) in [6, 6.07) is 5.44. The zero-order valence-electron chi connectivity index (χ0n) is 11.3. The number of rotatable bonds is 2. The number of fused-ring (bicyclic) bond motifs is 1. The van der Waals surface area contributed by atoms with Gasteiger partial charge in [0.25, 0.3) is 5.91 Å². The Kier molecular flexibility index (Phi) is 2.77. The monoisotopic (exact) mass is 286 g/mol. The predicted octanol–water partition coefficient (Wildman–Crippen LogP) is 1.09. The van der Waals surface area contributed by atoms with E-state index in [2.05, 4.69) is 10.2 Å². The molecule has 2 aliphatic heterocycles. The average molecular weight is 286 g/mol. The van der Waals surface area contributed by atoms with Gasteiger partial charge in [-0.15, -0.1) is 0 Å². The number of amides is 1. The summed E-state index contributed by atoms with van der Waals surface area (Å²) in [4.78, 5) is 16.0. The zero-order valence-corrected chi connectivity index (χ0v) is 11.3. The number of carbonyl (C=O) groups excluding carboxylic acids is 1. The van der Waals surface area contributed by atoms with Crippen molar-refractivity contribution in [1.29, 1.82) is 0 Å². The summed E-state index contributed by atoms with van der Waals surface area (Å²) in [5, 5.41) is 8.29. The first kappa shape index (κ1) is 12.2. The van der Waals surface area contributed by atoms with Crippen LogP contribution in [0.15, 0.2) is 30.6 Å². The normalized spacial score (nSPS) is 20.0. The predicted molar refractivity (Wildman–Crippen MR) is 72.1 cm³/mol. The first-order valence-electron chi connectivity index (χ1n) is 6.86. The molecule has 1 amide bonds. The van der Waals surface area contributed by atoms with E-state index in [4.69, 9.17) is 9.47 Å². The van der Waals surface area contributed by atoms with E-state index in [9.17, 15) is 4.79 Å². The van der Waals surface area contributed by atoms with Gasteiger partial charge in [0.1, 0.15) is 0 Å². The highest BCUT2D eigenvalue weighted by atomic mass is 16.7. The summed E-state index contributed by atoms with van der Waals surface area (Å²) in [5.74, 6) is 1.32. The molecule has 4 rings (SSSR count). The lowest BCUT2D eigenvalue weighted by molar-refractivity contribution is 0.0785. The molecule has 0 radical (unpaired) electrons. The summed E-state index contributed by atoms with van der Waals surface area (Å²) in [7, 11) is 0. The highest BCUT2D eigenvalue weighted by molar-refractivity contribution is 5.95. The standard InChI is InChI=1S/C14H14N4O3/c19-14(10-1-2-12-13(7-10)21-9-20-12)17-6-3-11(8-17)18-15-4-5-16-18/h1-2,4-5,7,11H,3,6,8-9H2/t11-/m1/s1. The molecule has 0 saturated carbocycles. The summed E-state index contributed by atoms with van der Waals surface area (Å²) in [6.45, 7) is 1.55. The number of ether oxygens (including phenoxy) is 2. The molecule has 7 heteroatoms. The Labute approximate surface area is 121 Å².